The molecule has 2 aromatic carbocycles. The van der Waals surface area contributed by atoms with E-state index in [1.165, 1.54) is 12.1 Å². The van der Waals surface area contributed by atoms with Crippen molar-refractivity contribution in [1.29, 1.82) is 0 Å². The molecule has 0 amide bonds. The van der Waals surface area contributed by atoms with Gasteiger partial charge in [-0.1, -0.05) is 29.8 Å². The van der Waals surface area contributed by atoms with E-state index in [0.29, 0.717) is 5.58 Å². The molecule has 0 bridgehead atoms. The van der Waals surface area contributed by atoms with Crippen molar-refractivity contribution in [2.24, 2.45) is 0 Å². The molecule has 0 N–H and O–H groups in total. The fourth-order valence-electron chi connectivity index (χ4n) is 2.07. The van der Waals surface area contributed by atoms with Gasteiger partial charge in [-0.25, -0.2) is 8.42 Å². The number of halogens is 2. The second kappa shape index (κ2) is 5.43. The number of fused-ring (bicyclic) bond motifs is 1. The fourth-order valence-corrected chi connectivity index (χ4v) is 3.56. The van der Waals surface area contributed by atoms with E-state index >= 15 is 0 Å². The number of furan rings is 1. The van der Waals surface area contributed by atoms with Crippen molar-refractivity contribution >= 4 is 48.1 Å². The van der Waals surface area contributed by atoms with Gasteiger partial charge in [-0.15, -0.1) is 0 Å². The number of hydrogen-bond donors (Lipinski definition) is 0. The predicted molar refractivity (Wildman–Crippen MR) is 84.1 cm³/mol. The summed E-state index contributed by atoms with van der Waals surface area (Å²) in [6.45, 7) is 0. The summed E-state index contributed by atoms with van der Waals surface area (Å²) < 4.78 is 28.4. The molecule has 0 aliphatic rings. The summed E-state index contributed by atoms with van der Waals surface area (Å²) in [6.07, 6.45) is 0. The van der Waals surface area contributed by atoms with E-state index in [4.69, 9.17) is 26.7 Å². The highest BCUT2D eigenvalue weighted by Crippen LogP contribution is 2.28. The molecular formula is C15H8Cl2O4S. The van der Waals surface area contributed by atoms with E-state index in [0.717, 1.165) is 11.5 Å². The van der Waals surface area contributed by atoms with Crippen LogP contribution in [0.2, 0.25) is 5.02 Å². The Labute approximate surface area is 135 Å². The van der Waals surface area contributed by atoms with E-state index in [9.17, 15) is 13.2 Å². The lowest BCUT2D eigenvalue weighted by Crippen LogP contribution is -2.02. The molecule has 3 aromatic rings. The minimum absolute atomic E-state index is 0.0452. The Kier molecular flexibility index (Phi) is 3.72. The number of ketones is 1. The Bertz CT molecular complexity index is 957. The summed E-state index contributed by atoms with van der Waals surface area (Å²) in [5.41, 5.74) is 0.702. The van der Waals surface area contributed by atoms with Crippen molar-refractivity contribution in [1.82, 2.24) is 0 Å². The molecule has 1 aromatic heterocycles. The zero-order valence-corrected chi connectivity index (χ0v) is 13.2. The van der Waals surface area contributed by atoms with Crippen LogP contribution < -0.4 is 0 Å². The maximum Gasteiger partial charge on any atom is 0.262 e. The molecule has 0 aliphatic carbocycles. The first kappa shape index (κ1) is 15.1. The largest absolute Gasteiger partial charge is 0.453 e. The van der Waals surface area contributed by atoms with Gasteiger partial charge >= 0.3 is 0 Å². The molecule has 0 saturated heterocycles. The van der Waals surface area contributed by atoms with E-state index in [2.05, 4.69) is 0 Å². The molecule has 0 atom stereocenters. The molecule has 22 heavy (non-hydrogen) atoms. The third-order valence-electron chi connectivity index (χ3n) is 3.11. The second-order valence-corrected chi connectivity index (χ2v) is 7.50. The Morgan fingerprint density at radius 1 is 1.05 bits per heavy atom. The van der Waals surface area contributed by atoms with Gasteiger partial charge in [0.25, 0.3) is 9.05 Å². The molecule has 7 heteroatoms. The zero-order chi connectivity index (χ0) is 15.9. The average Bonchev–Trinajstić information content (AvgIpc) is 2.89. The highest BCUT2D eigenvalue weighted by molar-refractivity contribution is 8.13. The smallest absolute Gasteiger partial charge is 0.262 e. The SMILES string of the molecule is O=C(c1ccc(Cl)c(S(=O)(=O)Cl)c1)c1cc2ccccc2o1. The molecule has 4 nitrogen and oxygen atoms in total. The zero-order valence-electron chi connectivity index (χ0n) is 10.9. The highest BCUT2D eigenvalue weighted by Gasteiger charge is 2.20. The predicted octanol–water partition coefficient (Wildman–Crippen LogP) is 4.24. The van der Waals surface area contributed by atoms with Crippen molar-refractivity contribution in [2.45, 2.75) is 4.90 Å². The number of carbonyl (C=O) groups is 1. The third-order valence-corrected chi connectivity index (χ3v) is 4.91. The summed E-state index contributed by atoms with van der Waals surface area (Å²) in [5, 5.41) is 0.737. The molecule has 3 rings (SSSR count). The van der Waals surface area contributed by atoms with Gasteiger partial charge in [-0.05, 0) is 30.3 Å². The lowest BCUT2D eigenvalue weighted by atomic mass is 10.1. The number of rotatable bonds is 3. The Balaban J connectivity index is 2.09. The van der Waals surface area contributed by atoms with Crippen LogP contribution in [0.3, 0.4) is 0 Å². The lowest BCUT2D eigenvalue weighted by Gasteiger charge is -2.03. The van der Waals surface area contributed by atoms with Crippen LogP contribution in [-0.4, -0.2) is 14.2 Å². The highest BCUT2D eigenvalue weighted by atomic mass is 35.7. The van der Waals surface area contributed by atoms with Gasteiger partial charge in [0.15, 0.2) is 5.76 Å². The van der Waals surface area contributed by atoms with Crippen LogP contribution >= 0.6 is 22.3 Å². The Morgan fingerprint density at radius 3 is 2.45 bits per heavy atom. The van der Waals surface area contributed by atoms with Crippen molar-refractivity contribution in [3.8, 4) is 0 Å². The second-order valence-electron chi connectivity index (χ2n) is 4.56. The van der Waals surface area contributed by atoms with Crippen LogP contribution in [0.25, 0.3) is 11.0 Å². The van der Waals surface area contributed by atoms with Gasteiger partial charge in [0.05, 0.1) is 5.02 Å². The quantitative estimate of drug-likeness (QED) is 0.521. The molecule has 0 spiro atoms. The fraction of sp³-hybridized carbons (Fsp3) is 0. The minimum atomic E-state index is -4.04. The number of para-hydroxylation sites is 1. The maximum absolute atomic E-state index is 12.4. The van der Waals surface area contributed by atoms with Gasteiger partial charge < -0.3 is 4.42 Å². The van der Waals surface area contributed by atoms with E-state index in [1.807, 2.05) is 12.1 Å². The first-order valence-electron chi connectivity index (χ1n) is 6.14. The first-order chi connectivity index (χ1) is 10.4. The lowest BCUT2D eigenvalue weighted by molar-refractivity contribution is 0.101. The van der Waals surface area contributed by atoms with Crippen molar-refractivity contribution < 1.29 is 17.6 Å². The molecule has 0 aliphatic heterocycles. The van der Waals surface area contributed by atoms with Crippen molar-refractivity contribution in [3.63, 3.8) is 0 Å². The van der Waals surface area contributed by atoms with Gasteiger partial charge in [0.1, 0.15) is 10.5 Å². The standard InChI is InChI=1S/C15H8Cl2O4S/c16-11-6-5-10(8-14(11)22(17,19)20)15(18)13-7-9-3-1-2-4-12(9)21-13/h1-8H. The summed E-state index contributed by atoms with van der Waals surface area (Å²) in [5.74, 6) is -0.337. The topological polar surface area (TPSA) is 64.3 Å². The Hall–Kier alpha value is -1.82. The number of hydrogen-bond acceptors (Lipinski definition) is 4. The van der Waals surface area contributed by atoms with Gasteiger partial charge in [0, 0.05) is 21.6 Å². The van der Waals surface area contributed by atoms with Crippen LogP contribution in [0, 0.1) is 0 Å². The molecule has 0 radical (unpaired) electrons. The minimum Gasteiger partial charge on any atom is -0.453 e. The van der Waals surface area contributed by atoms with E-state index in [-0.39, 0.29) is 21.2 Å². The maximum atomic E-state index is 12.4. The van der Waals surface area contributed by atoms with Gasteiger partial charge in [-0.3, -0.25) is 4.79 Å². The average molecular weight is 355 g/mol. The van der Waals surface area contributed by atoms with Crippen molar-refractivity contribution in [3.05, 3.63) is 64.9 Å². The summed E-state index contributed by atoms with van der Waals surface area (Å²) in [6, 6.07) is 12.6. The molecule has 1 heterocycles. The van der Waals surface area contributed by atoms with Crippen molar-refractivity contribution in [2.75, 3.05) is 0 Å². The first-order valence-corrected chi connectivity index (χ1v) is 8.82. The van der Waals surface area contributed by atoms with Crippen LogP contribution in [0.5, 0.6) is 0 Å². The van der Waals surface area contributed by atoms with Gasteiger partial charge in [-0.2, -0.15) is 0 Å². The Morgan fingerprint density at radius 2 is 1.77 bits per heavy atom. The monoisotopic (exact) mass is 354 g/mol. The summed E-state index contributed by atoms with van der Waals surface area (Å²) in [7, 11) is 1.26. The van der Waals surface area contributed by atoms with E-state index in [1.54, 1.807) is 18.2 Å². The third kappa shape index (κ3) is 2.75. The normalized spacial score (nSPS) is 11.7. The molecule has 0 fully saturated rings. The molecule has 0 saturated carbocycles. The molecule has 0 unspecified atom stereocenters. The van der Waals surface area contributed by atoms with Crippen LogP contribution in [0.4, 0.5) is 0 Å². The van der Waals surface area contributed by atoms with E-state index < -0.39 is 14.8 Å². The molecule has 112 valence electrons. The van der Waals surface area contributed by atoms with Crippen LogP contribution in [-0.2, 0) is 9.05 Å². The number of benzene rings is 2. The van der Waals surface area contributed by atoms with Crippen LogP contribution in [0.1, 0.15) is 16.1 Å². The van der Waals surface area contributed by atoms with Gasteiger partial charge in [0.2, 0.25) is 5.78 Å². The molecular weight excluding hydrogens is 347 g/mol. The summed E-state index contributed by atoms with van der Waals surface area (Å²) >= 11 is 5.80. The number of carbonyl (C=O) groups excluding carboxylic acids is 1. The van der Waals surface area contributed by atoms with Crippen LogP contribution in [0.15, 0.2) is 57.8 Å². The summed E-state index contributed by atoms with van der Waals surface area (Å²) in [4.78, 5) is 12.1.